The molecule has 0 radical (unpaired) electrons. The summed E-state index contributed by atoms with van der Waals surface area (Å²) >= 11 is 2.87. The van der Waals surface area contributed by atoms with Crippen molar-refractivity contribution in [1.82, 2.24) is 0 Å². The van der Waals surface area contributed by atoms with E-state index in [1.54, 1.807) is 16.7 Å². The number of carboxylic acid groups (broad SMARTS) is 1. The Labute approximate surface area is 95.1 Å². The summed E-state index contributed by atoms with van der Waals surface area (Å²) in [7, 11) is 0. The van der Waals surface area contributed by atoms with Gasteiger partial charge in [-0.2, -0.15) is 11.3 Å². The first-order valence-electron chi connectivity index (χ1n) is 4.28. The molecule has 0 aliphatic heterocycles. The fourth-order valence-electron chi connectivity index (χ4n) is 1.18. The molecular weight excluding hydrogens is 228 g/mol. The molecule has 2 nitrogen and oxygen atoms in total. The lowest BCUT2D eigenvalue weighted by Gasteiger charge is -1.90. The van der Waals surface area contributed by atoms with Crippen LogP contribution >= 0.6 is 22.7 Å². The van der Waals surface area contributed by atoms with Crippen LogP contribution in [0.5, 0.6) is 0 Å². The van der Waals surface area contributed by atoms with Gasteiger partial charge in [-0.15, -0.1) is 11.3 Å². The predicted molar refractivity (Wildman–Crippen MR) is 64.5 cm³/mol. The highest BCUT2D eigenvalue weighted by atomic mass is 32.1. The summed E-state index contributed by atoms with van der Waals surface area (Å²) < 4.78 is 0. The van der Waals surface area contributed by atoms with Gasteiger partial charge in [-0.3, -0.25) is 0 Å². The van der Waals surface area contributed by atoms with Crippen molar-refractivity contribution in [3.05, 3.63) is 44.3 Å². The average molecular weight is 236 g/mol. The SMILES string of the molecule is O=C(O)c1sccc1/C=C/c1ccsc1. The fraction of sp³-hybridized carbons (Fsp3) is 0. The molecule has 0 aromatic carbocycles. The molecule has 2 rings (SSSR count). The Bertz CT molecular complexity index is 480. The van der Waals surface area contributed by atoms with E-state index in [0.29, 0.717) is 4.88 Å². The first-order chi connectivity index (χ1) is 7.27. The number of aromatic carboxylic acids is 1. The van der Waals surface area contributed by atoms with E-state index in [9.17, 15) is 4.79 Å². The van der Waals surface area contributed by atoms with E-state index in [0.717, 1.165) is 11.1 Å². The number of hydrogen-bond acceptors (Lipinski definition) is 3. The van der Waals surface area contributed by atoms with Crippen LogP contribution in [0.3, 0.4) is 0 Å². The van der Waals surface area contributed by atoms with Gasteiger partial charge in [-0.05, 0) is 39.4 Å². The number of carboxylic acids is 1. The smallest absolute Gasteiger partial charge is 0.346 e. The van der Waals surface area contributed by atoms with Crippen molar-refractivity contribution in [3.8, 4) is 0 Å². The van der Waals surface area contributed by atoms with Crippen molar-refractivity contribution in [2.24, 2.45) is 0 Å². The van der Waals surface area contributed by atoms with Gasteiger partial charge in [0.15, 0.2) is 0 Å². The van der Waals surface area contributed by atoms with Crippen molar-refractivity contribution >= 4 is 40.8 Å². The Kier molecular flexibility index (Phi) is 2.99. The number of thiophene rings is 2. The Morgan fingerprint density at radius 3 is 2.80 bits per heavy atom. The standard InChI is InChI=1S/C11H8O2S2/c12-11(13)10-9(4-6-15-10)2-1-8-3-5-14-7-8/h1-7H,(H,12,13)/b2-1+. The summed E-state index contributed by atoms with van der Waals surface area (Å²) in [6.07, 6.45) is 3.76. The molecule has 2 heterocycles. The summed E-state index contributed by atoms with van der Waals surface area (Å²) in [6.45, 7) is 0. The maximum atomic E-state index is 10.8. The van der Waals surface area contributed by atoms with Gasteiger partial charge in [-0.1, -0.05) is 12.2 Å². The van der Waals surface area contributed by atoms with Crippen LogP contribution in [0.1, 0.15) is 20.8 Å². The molecule has 0 aliphatic carbocycles. The lowest BCUT2D eigenvalue weighted by molar-refractivity contribution is 0.0702. The molecule has 2 aromatic rings. The Morgan fingerprint density at radius 2 is 2.13 bits per heavy atom. The Hall–Kier alpha value is -1.39. The zero-order valence-electron chi connectivity index (χ0n) is 7.71. The molecule has 0 amide bonds. The molecule has 15 heavy (non-hydrogen) atoms. The van der Waals surface area contributed by atoms with Crippen LogP contribution in [0, 0.1) is 0 Å². The van der Waals surface area contributed by atoms with Crippen LogP contribution in [0.2, 0.25) is 0 Å². The minimum atomic E-state index is -0.866. The second-order valence-corrected chi connectivity index (χ2v) is 4.60. The third kappa shape index (κ3) is 2.34. The van der Waals surface area contributed by atoms with E-state index in [1.165, 1.54) is 11.3 Å². The van der Waals surface area contributed by atoms with Gasteiger partial charge in [0, 0.05) is 0 Å². The summed E-state index contributed by atoms with van der Waals surface area (Å²) in [5.74, 6) is -0.866. The molecule has 0 unspecified atom stereocenters. The zero-order chi connectivity index (χ0) is 10.7. The van der Waals surface area contributed by atoms with Crippen molar-refractivity contribution in [3.63, 3.8) is 0 Å². The van der Waals surface area contributed by atoms with E-state index < -0.39 is 5.97 Å². The first kappa shape index (κ1) is 10.1. The lowest BCUT2D eigenvalue weighted by Crippen LogP contribution is -1.93. The second kappa shape index (κ2) is 4.42. The van der Waals surface area contributed by atoms with E-state index in [1.807, 2.05) is 35.0 Å². The van der Waals surface area contributed by atoms with Gasteiger partial charge >= 0.3 is 5.97 Å². The summed E-state index contributed by atoms with van der Waals surface area (Å²) in [4.78, 5) is 11.2. The molecule has 1 N–H and O–H groups in total. The maximum absolute atomic E-state index is 10.8. The highest BCUT2D eigenvalue weighted by Crippen LogP contribution is 2.19. The third-order valence-electron chi connectivity index (χ3n) is 1.89. The van der Waals surface area contributed by atoms with Gasteiger partial charge in [0.25, 0.3) is 0 Å². The minimum absolute atomic E-state index is 0.390. The predicted octanol–water partition coefficient (Wildman–Crippen LogP) is 3.68. The van der Waals surface area contributed by atoms with Gasteiger partial charge in [0.05, 0.1) is 0 Å². The molecule has 0 fully saturated rings. The van der Waals surface area contributed by atoms with E-state index in [4.69, 9.17) is 5.11 Å². The Balaban J connectivity index is 2.24. The highest BCUT2D eigenvalue weighted by Gasteiger charge is 2.08. The Morgan fingerprint density at radius 1 is 1.27 bits per heavy atom. The van der Waals surface area contributed by atoms with Crippen molar-refractivity contribution in [2.75, 3.05) is 0 Å². The average Bonchev–Trinajstić information content (AvgIpc) is 2.86. The summed E-state index contributed by atoms with van der Waals surface area (Å²) in [6, 6.07) is 3.81. The molecule has 0 saturated carbocycles. The molecule has 0 atom stereocenters. The normalized spacial score (nSPS) is 10.9. The first-order valence-corrected chi connectivity index (χ1v) is 6.10. The van der Waals surface area contributed by atoms with Gasteiger partial charge in [0.1, 0.15) is 4.88 Å². The summed E-state index contributed by atoms with van der Waals surface area (Å²) in [5.41, 5.74) is 1.86. The topological polar surface area (TPSA) is 37.3 Å². The number of carbonyl (C=O) groups is 1. The highest BCUT2D eigenvalue weighted by molar-refractivity contribution is 7.12. The molecule has 0 aliphatic rings. The van der Waals surface area contributed by atoms with Gasteiger partial charge in [-0.25, -0.2) is 4.79 Å². The molecule has 0 saturated heterocycles. The van der Waals surface area contributed by atoms with Crippen LogP contribution in [0.25, 0.3) is 12.2 Å². The molecule has 0 bridgehead atoms. The van der Waals surface area contributed by atoms with Crippen molar-refractivity contribution in [1.29, 1.82) is 0 Å². The van der Waals surface area contributed by atoms with Crippen molar-refractivity contribution < 1.29 is 9.90 Å². The monoisotopic (exact) mass is 236 g/mol. The van der Waals surface area contributed by atoms with E-state index in [-0.39, 0.29) is 0 Å². The van der Waals surface area contributed by atoms with Crippen LogP contribution in [-0.2, 0) is 0 Å². The van der Waals surface area contributed by atoms with E-state index >= 15 is 0 Å². The van der Waals surface area contributed by atoms with Crippen LogP contribution in [-0.4, -0.2) is 11.1 Å². The fourth-order valence-corrected chi connectivity index (χ4v) is 2.53. The second-order valence-electron chi connectivity index (χ2n) is 2.90. The molecule has 4 heteroatoms. The van der Waals surface area contributed by atoms with Crippen molar-refractivity contribution in [2.45, 2.75) is 0 Å². The lowest BCUT2D eigenvalue weighted by atomic mass is 10.2. The van der Waals surface area contributed by atoms with E-state index in [2.05, 4.69) is 0 Å². The number of hydrogen-bond donors (Lipinski definition) is 1. The number of rotatable bonds is 3. The molecule has 0 spiro atoms. The van der Waals surface area contributed by atoms with Gasteiger partial charge in [0.2, 0.25) is 0 Å². The third-order valence-corrected chi connectivity index (χ3v) is 3.51. The summed E-state index contributed by atoms with van der Waals surface area (Å²) in [5, 5.41) is 14.7. The molecule has 2 aromatic heterocycles. The minimum Gasteiger partial charge on any atom is -0.477 e. The van der Waals surface area contributed by atoms with Gasteiger partial charge < -0.3 is 5.11 Å². The zero-order valence-corrected chi connectivity index (χ0v) is 9.35. The van der Waals surface area contributed by atoms with Crippen LogP contribution < -0.4 is 0 Å². The largest absolute Gasteiger partial charge is 0.477 e. The maximum Gasteiger partial charge on any atom is 0.346 e. The molecule has 76 valence electrons. The quantitative estimate of drug-likeness (QED) is 0.882. The van der Waals surface area contributed by atoms with Crippen LogP contribution in [0.15, 0.2) is 28.3 Å². The van der Waals surface area contributed by atoms with Crippen LogP contribution in [0.4, 0.5) is 0 Å². The molecular formula is C11H8O2S2.